The van der Waals surface area contributed by atoms with Crippen molar-refractivity contribution in [2.45, 2.75) is 19.3 Å². The van der Waals surface area contributed by atoms with Crippen LogP contribution in [0.5, 0.6) is 12.0 Å². The SMILES string of the molecule is CNc1nc(OC)nc(OCCC2CC2)n1. The maximum atomic E-state index is 5.46. The number of rotatable bonds is 6. The highest BCUT2D eigenvalue weighted by molar-refractivity contribution is 5.26. The number of methoxy groups -OCH3 is 1. The molecule has 1 heterocycles. The highest BCUT2D eigenvalue weighted by atomic mass is 16.5. The summed E-state index contributed by atoms with van der Waals surface area (Å²) in [6.07, 6.45) is 3.72. The van der Waals surface area contributed by atoms with E-state index in [1.54, 1.807) is 7.05 Å². The van der Waals surface area contributed by atoms with Crippen LogP contribution in [0.4, 0.5) is 5.95 Å². The summed E-state index contributed by atoms with van der Waals surface area (Å²) in [5.41, 5.74) is 0. The molecule has 0 aromatic carbocycles. The molecule has 1 aliphatic carbocycles. The van der Waals surface area contributed by atoms with Crippen molar-refractivity contribution in [2.24, 2.45) is 5.92 Å². The normalized spacial score (nSPS) is 14.6. The lowest BCUT2D eigenvalue weighted by Gasteiger charge is -2.06. The smallest absolute Gasteiger partial charge is 0.324 e. The minimum absolute atomic E-state index is 0.265. The highest BCUT2D eigenvalue weighted by Crippen LogP contribution is 2.32. The van der Waals surface area contributed by atoms with Crippen molar-refractivity contribution in [3.05, 3.63) is 0 Å². The molecule has 1 saturated carbocycles. The maximum Gasteiger partial charge on any atom is 0.324 e. The summed E-state index contributed by atoms with van der Waals surface area (Å²) in [5.74, 6) is 1.29. The molecule has 0 radical (unpaired) electrons. The quantitative estimate of drug-likeness (QED) is 0.780. The number of nitrogens with zero attached hydrogens (tertiary/aromatic N) is 3. The molecule has 0 unspecified atom stereocenters. The Morgan fingerprint density at radius 3 is 2.62 bits per heavy atom. The van der Waals surface area contributed by atoms with Crippen molar-refractivity contribution in [3.63, 3.8) is 0 Å². The van der Waals surface area contributed by atoms with Crippen LogP contribution < -0.4 is 14.8 Å². The van der Waals surface area contributed by atoms with E-state index >= 15 is 0 Å². The van der Waals surface area contributed by atoms with E-state index in [1.165, 1.54) is 20.0 Å². The highest BCUT2D eigenvalue weighted by Gasteiger charge is 2.21. The van der Waals surface area contributed by atoms with Gasteiger partial charge < -0.3 is 14.8 Å². The molecule has 1 aliphatic rings. The van der Waals surface area contributed by atoms with Crippen LogP contribution in [-0.2, 0) is 0 Å². The van der Waals surface area contributed by atoms with Gasteiger partial charge in [0.2, 0.25) is 5.95 Å². The van der Waals surface area contributed by atoms with E-state index in [2.05, 4.69) is 20.3 Å². The molecule has 0 spiro atoms. The largest absolute Gasteiger partial charge is 0.467 e. The summed E-state index contributed by atoms with van der Waals surface area (Å²) in [6.45, 7) is 0.654. The Kier molecular flexibility index (Phi) is 3.38. The summed E-state index contributed by atoms with van der Waals surface area (Å²) < 4.78 is 10.4. The molecule has 0 saturated heterocycles. The molecule has 88 valence electrons. The lowest BCUT2D eigenvalue weighted by atomic mass is 10.3. The minimum atomic E-state index is 0.265. The first-order valence-corrected chi connectivity index (χ1v) is 5.42. The third kappa shape index (κ3) is 2.95. The van der Waals surface area contributed by atoms with Crippen LogP contribution in [0.15, 0.2) is 0 Å². The molecule has 0 bridgehead atoms. The summed E-state index contributed by atoms with van der Waals surface area (Å²) >= 11 is 0. The Bertz CT molecular complexity index is 332. The summed E-state index contributed by atoms with van der Waals surface area (Å²) in [6, 6.07) is 0.581. The van der Waals surface area contributed by atoms with Crippen molar-refractivity contribution in [3.8, 4) is 12.0 Å². The zero-order valence-corrected chi connectivity index (χ0v) is 9.56. The number of anilines is 1. The molecular formula is C10H16N4O2. The van der Waals surface area contributed by atoms with E-state index in [9.17, 15) is 0 Å². The third-order valence-electron chi connectivity index (χ3n) is 2.45. The fraction of sp³-hybridized carbons (Fsp3) is 0.700. The average molecular weight is 224 g/mol. The first kappa shape index (κ1) is 10.9. The van der Waals surface area contributed by atoms with Gasteiger partial charge >= 0.3 is 12.0 Å². The average Bonchev–Trinajstić information content (AvgIpc) is 3.12. The van der Waals surface area contributed by atoms with E-state index in [0.717, 1.165) is 12.3 Å². The molecule has 6 heteroatoms. The number of hydrogen-bond acceptors (Lipinski definition) is 6. The predicted octanol–water partition coefficient (Wildman–Crippen LogP) is 1.10. The van der Waals surface area contributed by atoms with Gasteiger partial charge in [0.05, 0.1) is 13.7 Å². The second-order valence-electron chi connectivity index (χ2n) is 3.76. The van der Waals surface area contributed by atoms with Gasteiger partial charge in [-0.2, -0.15) is 9.97 Å². The molecule has 6 nitrogen and oxygen atoms in total. The predicted molar refractivity (Wildman–Crippen MR) is 58.8 cm³/mol. The van der Waals surface area contributed by atoms with Crippen molar-refractivity contribution >= 4 is 5.95 Å². The first-order chi connectivity index (χ1) is 7.81. The third-order valence-corrected chi connectivity index (χ3v) is 2.45. The Hall–Kier alpha value is -1.59. The van der Waals surface area contributed by atoms with Gasteiger partial charge in [-0.05, 0) is 12.3 Å². The maximum absolute atomic E-state index is 5.46. The summed E-state index contributed by atoms with van der Waals surface area (Å²) in [7, 11) is 3.26. The zero-order valence-electron chi connectivity index (χ0n) is 9.56. The van der Waals surface area contributed by atoms with Crippen LogP contribution in [0.3, 0.4) is 0 Å². The second kappa shape index (κ2) is 4.96. The Morgan fingerprint density at radius 1 is 1.25 bits per heavy atom. The molecule has 0 amide bonds. The molecule has 1 aromatic heterocycles. The van der Waals surface area contributed by atoms with Crippen LogP contribution >= 0.6 is 0 Å². The van der Waals surface area contributed by atoms with Crippen LogP contribution in [0.2, 0.25) is 0 Å². The molecule has 1 aromatic rings. The Morgan fingerprint density at radius 2 is 2.00 bits per heavy atom. The number of ether oxygens (including phenoxy) is 2. The molecule has 1 fully saturated rings. The van der Waals surface area contributed by atoms with Gasteiger partial charge in [0.15, 0.2) is 0 Å². The fourth-order valence-corrected chi connectivity index (χ4v) is 1.33. The van der Waals surface area contributed by atoms with Crippen LogP contribution in [0, 0.1) is 5.92 Å². The molecule has 1 N–H and O–H groups in total. The van der Waals surface area contributed by atoms with Gasteiger partial charge in [0.25, 0.3) is 0 Å². The Labute approximate surface area is 94.4 Å². The van der Waals surface area contributed by atoms with Gasteiger partial charge in [0, 0.05) is 7.05 Å². The number of nitrogens with one attached hydrogen (secondary N) is 1. The lowest BCUT2D eigenvalue weighted by Crippen LogP contribution is -2.07. The van der Waals surface area contributed by atoms with Crippen molar-refractivity contribution in [1.82, 2.24) is 15.0 Å². The molecular weight excluding hydrogens is 208 g/mol. The van der Waals surface area contributed by atoms with E-state index in [1.807, 2.05) is 0 Å². The molecule has 0 atom stereocenters. The number of hydrogen-bond donors (Lipinski definition) is 1. The van der Waals surface area contributed by atoms with Crippen molar-refractivity contribution in [1.29, 1.82) is 0 Å². The topological polar surface area (TPSA) is 69.2 Å². The van der Waals surface area contributed by atoms with E-state index in [-0.39, 0.29) is 6.01 Å². The van der Waals surface area contributed by atoms with E-state index < -0.39 is 0 Å². The van der Waals surface area contributed by atoms with E-state index in [4.69, 9.17) is 9.47 Å². The minimum Gasteiger partial charge on any atom is -0.467 e. The van der Waals surface area contributed by atoms with Gasteiger partial charge in [-0.15, -0.1) is 4.98 Å². The molecule has 0 aliphatic heterocycles. The standard InChI is InChI=1S/C10H16N4O2/c1-11-8-12-9(15-2)14-10(13-8)16-6-5-7-3-4-7/h7H,3-6H2,1-2H3,(H,11,12,13,14). The Balaban J connectivity index is 1.94. The van der Waals surface area contributed by atoms with Gasteiger partial charge in [-0.3, -0.25) is 0 Å². The van der Waals surface area contributed by atoms with Crippen LogP contribution in [-0.4, -0.2) is 35.7 Å². The molecule has 16 heavy (non-hydrogen) atoms. The van der Waals surface area contributed by atoms with Gasteiger partial charge in [0.1, 0.15) is 0 Å². The fourth-order valence-electron chi connectivity index (χ4n) is 1.33. The zero-order chi connectivity index (χ0) is 11.4. The van der Waals surface area contributed by atoms with Gasteiger partial charge in [-0.1, -0.05) is 12.8 Å². The first-order valence-electron chi connectivity index (χ1n) is 5.42. The lowest BCUT2D eigenvalue weighted by molar-refractivity contribution is 0.270. The number of aromatic nitrogens is 3. The summed E-state index contributed by atoms with van der Waals surface area (Å²) in [5, 5.41) is 2.83. The molecule has 2 rings (SSSR count). The van der Waals surface area contributed by atoms with Crippen LogP contribution in [0.25, 0.3) is 0 Å². The monoisotopic (exact) mass is 224 g/mol. The van der Waals surface area contributed by atoms with Crippen LogP contribution in [0.1, 0.15) is 19.3 Å². The second-order valence-corrected chi connectivity index (χ2v) is 3.76. The van der Waals surface area contributed by atoms with Gasteiger partial charge in [-0.25, -0.2) is 0 Å². The summed E-state index contributed by atoms with van der Waals surface area (Å²) in [4.78, 5) is 12.1. The van der Waals surface area contributed by atoms with Crippen molar-refractivity contribution in [2.75, 3.05) is 26.1 Å². The van der Waals surface area contributed by atoms with E-state index in [0.29, 0.717) is 18.6 Å². The van der Waals surface area contributed by atoms with Crippen molar-refractivity contribution < 1.29 is 9.47 Å².